The predicted octanol–water partition coefficient (Wildman–Crippen LogP) is 5.84. The average molecular weight is 489 g/mol. The first-order valence-corrected chi connectivity index (χ1v) is 13.2. The molecule has 1 atom stereocenters. The molecular formula is C28H34BClN4O. The largest absolute Gasteiger partial charge is 0.437 e. The van der Waals surface area contributed by atoms with Crippen LogP contribution in [0.3, 0.4) is 0 Å². The van der Waals surface area contributed by atoms with E-state index < -0.39 is 7.05 Å². The van der Waals surface area contributed by atoms with Gasteiger partial charge in [-0.1, -0.05) is 29.8 Å². The number of benzene rings is 1. The van der Waals surface area contributed by atoms with E-state index in [1.165, 1.54) is 33.7 Å². The van der Waals surface area contributed by atoms with Crippen molar-refractivity contribution < 1.29 is 5.02 Å². The van der Waals surface area contributed by atoms with Crippen molar-refractivity contribution in [1.82, 2.24) is 19.3 Å². The van der Waals surface area contributed by atoms with Crippen molar-refractivity contribution in [2.75, 3.05) is 13.1 Å². The van der Waals surface area contributed by atoms with Crippen molar-refractivity contribution in [3.8, 4) is 0 Å². The highest BCUT2D eigenvalue weighted by Gasteiger charge is 2.35. The van der Waals surface area contributed by atoms with Crippen molar-refractivity contribution in [3.05, 3.63) is 81.7 Å². The van der Waals surface area contributed by atoms with Gasteiger partial charge in [0.2, 0.25) is 0 Å². The fourth-order valence-electron chi connectivity index (χ4n) is 5.82. The summed E-state index contributed by atoms with van der Waals surface area (Å²) in [5.74, 6) is 0.699. The maximum absolute atomic E-state index is 10.1. The van der Waals surface area contributed by atoms with Gasteiger partial charge in [0.1, 0.15) is 0 Å². The van der Waals surface area contributed by atoms with Gasteiger partial charge in [-0.05, 0) is 106 Å². The zero-order valence-corrected chi connectivity index (χ0v) is 21.7. The van der Waals surface area contributed by atoms with Gasteiger partial charge in [-0.3, -0.25) is 4.98 Å². The van der Waals surface area contributed by atoms with E-state index in [0.717, 1.165) is 56.0 Å². The van der Waals surface area contributed by atoms with Gasteiger partial charge in [-0.15, -0.1) is 0 Å². The maximum Gasteiger partial charge on any atom is 0.376 e. The minimum atomic E-state index is -0.391. The lowest BCUT2D eigenvalue weighted by atomic mass is 9.73. The van der Waals surface area contributed by atoms with Gasteiger partial charge in [0.25, 0.3) is 0 Å². The number of piperidine rings is 1. The van der Waals surface area contributed by atoms with Crippen molar-refractivity contribution in [2.45, 2.75) is 58.8 Å². The molecule has 0 saturated carbocycles. The fourth-order valence-corrected chi connectivity index (χ4v) is 6.00. The summed E-state index contributed by atoms with van der Waals surface area (Å²) in [6.45, 7) is 8.83. The van der Waals surface area contributed by atoms with Crippen molar-refractivity contribution in [2.24, 2.45) is 5.92 Å². The predicted molar refractivity (Wildman–Crippen MR) is 144 cm³/mol. The van der Waals surface area contributed by atoms with Crippen molar-refractivity contribution >= 4 is 30.3 Å². The molecule has 3 heterocycles. The smallest absolute Gasteiger partial charge is 0.376 e. The third-order valence-electron chi connectivity index (χ3n) is 7.96. The van der Waals surface area contributed by atoms with E-state index >= 15 is 0 Å². The molecule has 7 heteroatoms. The number of pyridine rings is 1. The van der Waals surface area contributed by atoms with E-state index in [4.69, 9.17) is 16.6 Å². The van der Waals surface area contributed by atoms with Crippen LogP contribution in [0.5, 0.6) is 0 Å². The van der Waals surface area contributed by atoms with Gasteiger partial charge < -0.3 is 14.4 Å². The molecule has 1 saturated heterocycles. The van der Waals surface area contributed by atoms with Crippen molar-refractivity contribution in [3.63, 3.8) is 0 Å². The highest BCUT2D eigenvalue weighted by molar-refractivity contribution is 6.45. The van der Waals surface area contributed by atoms with Gasteiger partial charge in [-0.2, -0.15) is 0 Å². The van der Waals surface area contributed by atoms with Gasteiger partial charge >= 0.3 is 7.05 Å². The standard InChI is InChI=1S/C28H34BClN4O/c1-19-20(2)33(18-32-19)13-5-6-22-16-23-17-24(30)8-9-25(23)27(28-26(22)7-4-12-31-28)21-10-14-34(15-11-21)29(3)35/h4,7-9,12,16-18,21,27,35H,5-6,10-11,13-15H2,1-3H3. The topological polar surface area (TPSA) is 54.2 Å². The summed E-state index contributed by atoms with van der Waals surface area (Å²) in [7, 11) is -0.391. The SMILES string of the molecule is CB(O)N1CCC(C2c3ccc(Cl)cc3C=C(CCCn3cnc(C)c3C)c3cccnc32)CC1. The molecule has 1 aromatic carbocycles. The number of nitrogens with zero attached hydrogens (tertiary/aromatic N) is 4. The number of halogens is 1. The molecule has 5 nitrogen and oxygen atoms in total. The Labute approximate surface area is 214 Å². The number of aryl methyl sites for hydroxylation is 2. The van der Waals surface area contributed by atoms with E-state index in [9.17, 15) is 5.02 Å². The zero-order valence-electron chi connectivity index (χ0n) is 20.9. The number of fused-ring (bicyclic) bond motifs is 2. The first-order valence-electron chi connectivity index (χ1n) is 12.8. The summed E-state index contributed by atoms with van der Waals surface area (Å²) in [6.07, 6.45) is 10.3. The van der Waals surface area contributed by atoms with E-state index in [1.54, 1.807) is 0 Å². The van der Waals surface area contributed by atoms with Gasteiger partial charge in [0, 0.05) is 29.4 Å². The quantitative estimate of drug-likeness (QED) is 0.443. The Morgan fingerprint density at radius 1 is 1.14 bits per heavy atom. The molecule has 1 N–H and O–H groups in total. The Kier molecular flexibility index (Phi) is 7.15. The summed E-state index contributed by atoms with van der Waals surface area (Å²) >= 11 is 6.49. The number of hydrogen-bond donors (Lipinski definition) is 1. The molecule has 2 aromatic heterocycles. The van der Waals surface area contributed by atoms with Crippen LogP contribution in [0.4, 0.5) is 0 Å². The van der Waals surface area contributed by atoms with Gasteiger partial charge in [-0.25, -0.2) is 4.98 Å². The highest BCUT2D eigenvalue weighted by atomic mass is 35.5. The van der Waals surface area contributed by atoms with Crippen LogP contribution in [0.15, 0.2) is 42.9 Å². The van der Waals surface area contributed by atoms with Crippen LogP contribution in [-0.4, -0.2) is 44.5 Å². The Hall–Kier alpha value is -2.41. The Balaban J connectivity index is 1.48. The molecular weight excluding hydrogens is 455 g/mol. The molecule has 0 radical (unpaired) electrons. The summed E-state index contributed by atoms with van der Waals surface area (Å²) in [6, 6.07) is 10.6. The van der Waals surface area contributed by atoms with Crippen molar-refractivity contribution in [1.29, 1.82) is 0 Å². The Bertz CT molecular complexity index is 1230. The lowest BCUT2D eigenvalue weighted by molar-refractivity contribution is 0.235. The lowest BCUT2D eigenvalue weighted by Crippen LogP contribution is -2.44. The minimum absolute atomic E-state index is 0.224. The number of rotatable bonds is 6. The Morgan fingerprint density at radius 2 is 1.94 bits per heavy atom. The molecule has 182 valence electrons. The number of imidazole rings is 1. The molecule has 5 rings (SSSR count). The van der Waals surface area contributed by atoms with Crippen LogP contribution in [0, 0.1) is 19.8 Å². The van der Waals surface area contributed by atoms with Crippen LogP contribution < -0.4 is 0 Å². The summed E-state index contributed by atoms with van der Waals surface area (Å²) < 4.78 is 2.25. The average Bonchev–Trinajstić information content (AvgIpc) is 3.10. The molecule has 0 amide bonds. The lowest BCUT2D eigenvalue weighted by Gasteiger charge is -2.37. The monoisotopic (exact) mass is 488 g/mol. The molecule has 0 spiro atoms. The van der Waals surface area contributed by atoms with Crippen LogP contribution in [0.2, 0.25) is 11.8 Å². The molecule has 3 aromatic rings. The summed E-state index contributed by atoms with van der Waals surface area (Å²) in [5.41, 5.74) is 8.65. The van der Waals surface area contributed by atoms with Crippen LogP contribution >= 0.6 is 11.6 Å². The maximum atomic E-state index is 10.1. The third kappa shape index (κ3) is 4.97. The van der Waals surface area contributed by atoms with Gasteiger partial charge in [0.05, 0.1) is 17.7 Å². The minimum Gasteiger partial charge on any atom is -0.437 e. The number of hydrogen-bond acceptors (Lipinski definition) is 4. The van der Waals surface area contributed by atoms with E-state index in [1.807, 2.05) is 25.4 Å². The van der Waals surface area contributed by atoms with Crippen LogP contribution in [0.25, 0.3) is 11.6 Å². The summed E-state index contributed by atoms with van der Waals surface area (Å²) in [4.78, 5) is 11.6. The van der Waals surface area contributed by atoms with Gasteiger partial charge in [0.15, 0.2) is 0 Å². The Morgan fingerprint density at radius 3 is 2.66 bits per heavy atom. The van der Waals surface area contributed by atoms with Crippen LogP contribution in [-0.2, 0) is 6.54 Å². The third-order valence-corrected chi connectivity index (χ3v) is 8.19. The molecule has 1 aliphatic carbocycles. The van der Waals surface area contributed by atoms with E-state index in [2.05, 4.69) is 58.6 Å². The molecule has 1 fully saturated rings. The molecule has 2 aliphatic rings. The molecule has 35 heavy (non-hydrogen) atoms. The molecule has 0 bridgehead atoms. The number of aromatic nitrogens is 3. The second-order valence-electron chi connectivity index (χ2n) is 10.1. The highest BCUT2D eigenvalue weighted by Crippen LogP contribution is 2.45. The second-order valence-corrected chi connectivity index (χ2v) is 10.5. The molecule has 1 unspecified atom stereocenters. The first kappa shape index (κ1) is 24.3. The first-order chi connectivity index (χ1) is 16.9. The zero-order chi connectivity index (χ0) is 24.5. The van der Waals surface area contributed by atoms with Crippen LogP contribution in [0.1, 0.15) is 65.4 Å². The second kappa shape index (κ2) is 10.3. The molecule has 1 aliphatic heterocycles. The number of allylic oxidation sites excluding steroid dienone is 1. The summed E-state index contributed by atoms with van der Waals surface area (Å²) in [5, 5.41) is 10.8. The van der Waals surface area contributed by atoms with E-state index in [0.29, 0.717) is 5.92 Å². The normalized spacial score (nSPS) is 18.5. The van der Waals surface area contributed by atoms with E-state index in [-0.39, 0.29) is 5.92 Å². The fraction of sp³-hybridized carbons (Fsp3) is 0.429.